The fraction of sp³-hybridized carbons (Fsp3) is 0.143. The molecule has 0 radical (unpaired) electrons. The van der Waals surface area contributed by atoms with Gasteiger partial charge in [0.05, 0.1) is 24.4 Å². The quantitative estimate of drug-likeness (QED) is 0.836. The van der Waals surface area contributed by atoms with Gasteiger partial charge in [-0.15, -0.1) is 10.2 Å². The van der Waals surface area contributed by atoms with E-state index in [1.54, 1.807) is 18.2 Å². The molecule has 0 atom stereocenters. The predicted molar refractivity (Wildman–Crippen MR) is 76.1 cm³/mol. The maximum atomic E-state index is 10.9. The molecule has 0 aliphatic rings. The minimum atomic E-state index is -0.620. The zero-order valence-corrected chi connectivity index (χ0v) is 11.5. The highest BCUT2D eigenvalue weighted by Crippen LogP contribution is 2.21. The highest BCUT2D eigenvalue weighted by Gasteiger charge is 2.07. The second-order valence-corrected chi connectivity index (χ2v) is 4.19. The predicted octanol–water partition coefficient (Wildman–Crippen LogP) is 2.01. The van der Waals surface area contributed by atoms with Gasteiger partial charge in [-0.25, -0.2) is 10.2 Å². The maximum absolute atomic E-state index is 10.9. The smallest absolute Gasteiger partial charge is 0.425 e. The number of aromatic nitrogens is 2. The van der Waals surface area contributed by atoms with E-state index in [-0.39, 0.29) is 0 Å². The lowest BCUT2D eigenvalue weighted by Gasteiger charge is -2.09. The largest absolute Gasteiger partial charge is 0.452 e. The molecule has 2 aromatic rings. The van der Waals surface area contributed by atoms with E-state index in [9.17, 15) is 4.79 Å². The van der Waals surface area contributed by atoms with E-state index in [0.717, 1.165) is 11.1 Å². The third-order valence-electron chi connectivity index (χ3n) is 2.75. The van der Waals surface area contributed by atoms with Crippen molar-refractivity contribution >= 4 is 11.9 Å². The van der Waals surface area contributed by atoms with Crippen LogP contribution in [0.3, 0.4) is 0 Å². The molecule has 7 nitrogen and oxygen atoms in total. The number of hydrazine groups is 1. The Bertz CT molecular complexity index is 692. The molecule has 2 N–H and O–H groups in total. The van der Waals surface area contributed by atoms with Gasteiger partial charge in [0.25, 0.3) is 0 Å². The van der Waals surface area contributed by atoms with E-state index in [4.69, 9.17) is 5.26 Å². The maximum Gasteiger partial charge on any atom is 0.425 e. The van der Waals surface area contributed by atoms with Crippen LogP contribution < -0.4 is 10.9 Å². The second kappa shape index (κ2) is 6.34. The SMILES string of the molecule is COC(=O)NNc1cc(C)c(-c2ccc(C#N)cc2)nn1. The number of hydrogen-bond acceptors (Lipinski definition) is 6. The molecular weight excluding hydrogens is 270 g/mol. The van der Waals surface area contributed by atoms with E-state index >= 15 is 0 Å². The van der Waals surface area contributed by atoms with Crippen LogP contribution in [0.15, 0.2) is 30.3 Å². The Kier molecular flexibility index (Phi) is 4.31. The first-order valence-electron chi connectivity index (χ1n) is 6.09. The normalized spacial score (nSPS) is 9.57. The summed E-state index contributed by atoms with van der Waals surface area (Å²) in [6.07, 6.45) is -0.620. The van der Waals surface area contributed by atoms with Crippen molar-refractivity contribution in [3.8, 4) is 17.3 Å². The Morgan fingerprint density at radius 2 is 2.00 bits per heavy atom. The molecule has 1 amide bonds. The molecule has 2 rings (SSSR count). The van der Waals surface area contributed by atoms with Gasteiger partial charge < -0.3 is 4.74 Å². The molecule has 106 valence electrons. The van der Waals surface area contributed by atoms with Gasteiger partial charge in [0.2, 0.25) is 0 Å². The van der Waals surface area contributed by atoms with Crippen LogP contribution in [0.2, 0.25) is 0 Å². The average molecular weight is 283 g/mol. The minimum absolute atomic E-state index is 0.398. The van der Waals surface area contributed by atoms with Crippen LogP contribution in [0.4, 0.5) is 10.6 Å². The number of carbonyl (C=O) groups excluding carboxylic acids is 1. The van der Waals surface area contributed by atoms with Crippen LogP contribution in [0.1, 0.15) is 11.1 Å². The van der Waals surface area contributed by atoms with Crippen molar-refractivity contribution < 1.29 is 9.53 Å². The number of nitrogens with zero attached hydrogens (tertiary/aromatic N) is 3. The van der Waals surface area contributed by atoms with Crippen molar-refractivity contribution in [2.75, 3.05) is 12.5 Å². The van der Waals surface area contributed by atoms with Gasteiger partial charge >= 0.3 is 6.09 Å². The second-order valence-electron chi connectivity index (χ2n) is 4.19. The lowest BCUT2D eigenvalue weighted by atomic mass is 10.1. The Morgan fingerprint density at radius 3 is 2.57 bits per heavy atom. The molecule has 0 bridgehead atoms. The molecule has 1 aromatic heterocycles. The van der Waals surface area contributed by atoms with E-state index < -0.39 is 6.09 Å². The number of benzene rings is 1. The molecular formula is C14H13N5O2. The van der Waals surface area contributed by atoms with E-state index in [0.29, 0.717) is 17.1 Å². The van der Waals surface area contributed by atoms with E-state index in [2.05, 4.69) is 31.9 Å². The van der Waals surface area contributed by atoms with Crippen LogP contribution in [0, 0.1) is 18.3 Å². The summed E-state index contributed by atoms with van der Waals surface area (Å²) >= 11 is 0. The van der Waals surface area contributed by atoms with Crippen LogP contribution in [0.25, 0.3) is 11.3 Å². The fourth-order valence-corrected chi connectivity index (χ4v) is 1.70. The Labute approximate surface area is 121 Å². The molecule has 0 aliphatic heterocycles. The molecule has 0 saturated carbocycles. The number of rotatable bonds is 3. The molecule has 0 spiro atoms. The molecule has 0 fully saturated rings. The summed E-state index contributed by atoms with van der Waals surface area (Å²) in [6.45, 7) is 1.88. The molecule has 0 unspecified atom stereocenters. The molecule has 7 heteroatoms. The van der Waals surface area contributed by atoms with Gasteiger partial charge in [0.15, 0.2) is 5.82 Å². The van der Waals surface area contributed by atoms with Crippen molar-refractivity contribution in [1.29, 1.82) is 5.26 Å². The summed E-state index contributed by atoms with van der Waals surface area (Å²) in [6, 6.07) is 10.9. The molecule has 0 saturated heterocycles. The number of carbonyl (C=O) groups is 1. The van der Waals surface area contributed by atoms with E-state index in [1.807, 2.05) is 19.1 Å². The summed E-state index contributed by atoms with van der Waals surface area (Å²) in [7, 11) is 1.27. The average Bonchev–Trinajstić information content (AvgIpc) is 2.53. The van der Waals surface area contributed by atoms with Gasteiger partial charge in [-0.2, -0.15) is 5.26 Å². The number of hydrogen-bond donors (Lipinski definition) is 2. The minimum Gasteiger partial charge on any atom is -0.452 e. The molecule has 21 heavy (non-hydrogen) atoms. The summed E-state index contributed by atoms with van der Waals surface area (Å²) < 4.78 is 4.43. The lowest BCUT2D eigenvalue weighted by Crippen LogP contribution is -2.29. The van der Waals surface area contributed by atoms with Gasteiger partial charge in [-0.3, -0.25) is 5.43 Å². The van der Waals surface area contributed by atoms with Gasteiger partial charge in [0, 0.05) is 5.56 Å². The van der Waals surface area contributed by atoms with E-state index in [1.165, 1.54) is 7.11 Å². The van der Waals surface area contributed by atoms with Crippen LogP contribution >= 0.6 is 0 Å². The zero-order chi connectivity index (χ0) is 15.2. The number of methoxy groups -OCH3 is 1. The summed E-state index contributed by atoms with van der Waals surface area (Å²) in [5.41, 5.74) is 7.94. The number of ether oxygens (including phenoxy) is 1. The first-order chi connectivity index (χ1) is 10.1. The summed E-state index contributed by atoms with van der Waals surface area (Å²) in [4.78, 5) is 10.9. The number of nitrogens with one attached hydrogen (secondary N) is 2. The van der Waals surface area contributed by atoms with Crippen molar-refractivity contribution in [2.45, 2.75) is 6.92 Å². The van der Waals surface area contributed by atoms with Crippen LogP contribution in [0.5, 0.6) is 0 Å². The number of aryl methyl sites for hydroxylation is 1. The van der Waals surface area contributed by atoms with Crippen molar-refractivity contribution in [3.05, 3.63) is 41.5 Å². The zero-order valence-electron chi connectivity index (χ0n) is 11.5. The van der Waals surface area contributed by atoms with Gasteiger partial charge in [-0.1, -0.05) is 12.1 Å². The third-order valence-corrected chi connectivity index (χ3v) is 2.75. The fourth-order valence-electron chi connectivity index (χ4n) is 1.70. The Morgan fingerprint density at radius 1 is 1.29 bits per heavy atom. The first kappa shape index (κ1) is 14.3. The summed E-state index contributed by atoms with van der Waals surface area (Å²) in [5, 5.41) is 16.9. The van der Waals surface area contributed by atoms with Gasteiger partial charge in [-0.05, 0) is 30.7 Å². The summed E-state index contributed by atoms with van der Waals surface area (Å²) in [5.74, 6) is 0.398. The van der Waals surface area contributed by atoms with Crippen molar-refractivity contribution in [2.24, 2.45) is 0 Å². The number of nitriles is 1. The highest BCUT2D eigenvalue weighted by molar-refractivity contribution is 5.69. The highest BCUT2D eigenvalue weighted by atomic mass is 16.5. The molecule has 1 heterocycles. The van der Waals surface area contributed by atoms with Crippen molar-refractivity contribution in [1.82, 2.24) is 15.6 Å². The van der Waals surface area contributed by atoms with Crippen molar-refractivity contribution in [3.63, 3.8) is 0 Å². The van der Waals surface area contributed by atoms with Crippen LogP contribution in [-0.2, 0) is 4.74 Å². The Hall–Kier alpha value is -3.14. The van der Waals surface area contributed by atoms with Gasteiger partial charge in [0.1, 0.15) is 0 Å². The molecule has 1 aromatic carbocycles. The molecule has 0 aliphatic carbocycles. The van der Waals surface area contributed by atoms with Crippen LogP contribution in [-0.4, -0.2) is 23.4 Å². The number of anilines is 1. The standard InChI is InChI=1S/C14H13N5O2/c1-9-7-12(17-19-14(20)21-2)16-18-13(9)11-5-3-10(8-15)4-6-11/h3-7H,1-2H3,(H,16,17)(H,19,20). The number of amides is 1. The first-order valence-corrected chi connectivity index (χ1v) is 6.09. The monoisotopic (exact) mass is 283 g/mol. The lowest BCUT2D eigenvalue weighted by molar-refractivity contribution is 0.173. The third kappa shape index (κ3) is 3.45. The topological polar surface area (TPSA) is 99.9 Å². The Balaban J connectivity index is 2.18.